The fourth-order valence-corrected chi connectivity index (χ4v) is 1.01. The highest BCUT2D eigenvalue weighted by Crippen LogP contribution is 1.92. The maximum absolute atomic E-state index is 11.6. The maximum Gasteiger partial charge on any atom is 0.248 e. The number of methoxy groups -OCH3 is 1. The minimum Gasteiger partial charge on any atom is -0.383 e. The monoisotopic (exact) mass is 216 g/mol. The fraction of sp³-hybridized carbons (Fsp3) is 0.700. The van der Waals surface area contributed by atoms with Crippen LogP contribution in [0.3, 0.4) is 0 Å². The molecule has 0 bridgehead atoms. The van der Waals surface area contributed by atoms with E-state index in [1.807, 2.05) is 0 Å². The zero-order chi connectivity index (χ0) is 11.5. The van der Waals surface area contributed by atoms with Gasteiger partial charge in [-0.1, -0.05) is 6.08 Å². The molecule has 88 valence electrons. The third-order valence-electron chi connectivity index (χ3n) is 1.76. The van der Waals surface area contributed by atoms with Gasteiger partial charge in [-0.15, -0.1) is 6.58 Å². The van der Waals surface area contributed by atoms with Crippen molar-refractivity contribution in [1.82, 2.24) is 4.90 Å². The van der Waals surface area contributed by atoms with Gasteiger partial charge in [-0.25, -0.2) is 0 Å². The largest absolute Gasteiger partial charge is 0.383 e. The van der Waals surface area contributed by atoms with E-state index < -0.39 is 0 Å². The maximum atomic E-state index is 11.6. The molecule has 0 unspecified atom stereocenters. The lowest BCUT2D eigenvalue weighted by atomic mass is 10.4. The standard InChI is InChI=1S/C10H20N2O3/c1-3-5-12(6-8-14-2)10(13)9-15-7-4-11/h3H,1,4-9,11H2,2H3. The first-order valence-corrected chi connectivity index (χ1v) is 4.91. The van der Waals surface area contributed by atoms with Crippen LogP contribution in [0.25, 0.3) is 0 Å². The number of hydrogen-bond donors (Lipinski definition) is 1. The molecule has 0 aliphatic heterocycles. The molecule has 0 heterocycles. The second-order valence-electron chi connectivity index (χ2n) is 2.96. The third kappa shape index (κ3) is 7.07. The van der Waals surface area contributed by atoms with Crippen LogP contribution in [0.5, 0.6) is 0 Å². The highest BCUT2D eigenvalue weighted by Gasteiger charge is 2.11. The van der Waals surface area contributed by atoms with Crippen LogP contribution in [0.15, 0.2) is 12.7 Å². The molecular weight excluding hydrogens is 196 g/mol. The van der Waals surface area contributed by atoms with Gasteiger partial charge < -0.3 is 20.1 Å². The van der Waals surface area contributed by atoms with Crippen LogP contribution in [0.1, 0.15) is 0 Å². The number of carbonyl (C=O) groups excluding carboxylic acids is 1. The van der Waals surface area contributed by atoms with Crippen LogP contribution in [0.2, 0.25) is 0 Å². The van der Waals surface area contributed by atoms with Gasteiger partial charge in [0.2, 0.25) is 5.91 Å². The van der Waals surface area contributed by atoms with Gasteiger partial charge in [-0.2, -0.15) is 0 Å². The first kappa shape index (κ1) is 14.1. The molecule has 2 N–H and O–H groups in total. The molecule has 0 aromatic heterocycles. The molecule has 5 nitrogen and oxygen atoms in total. The van der Waals surface area contributed by atoms with Crippen LogP contribution in [0.4, 0.5) is 0 Å². The van der Waals surface area contributed by atoms with Gasteiger partial charge in [-0.05, 0) is 0 Å². The zero-order valence-electron chi connectivity index (χ0n) is 9.28. The Bertz CT molecular complexity index is 186. The van der Waals surface area contributed by atoms with E-state index in [4.69, 9.17) is 15.2 Å². The quantitative estimate of drug-likeness (QED) is 0.421. The molecule has 0 spiro atoms. The Morgan fingerprint density at radius 2 is 2.27 bits per heavy atom. The lowest BCUT2D eigenvalue weighted by Gasteiger charge is -2.20. The summed E-state index contributed by atoms with van der Waals surface area (Å²) in [5.41, 5.74) is 5.24. The molecule has 0 aliphatic rings. The van der Waals surface area contributed by atoms with Gasteiger partial charge in [0.25, 0.3) is 0 Å². The van der Waals surface area contributed by atoms with Gasteiger partial charge >= 0.3 is 0 Å². The zero-order valence-corrected chi connectivity index (χ0v) is 9.28. The molecule has 5 heteroatoms. The average Bonchev–Trinajstić information content (AvgIpc) is 2.24. The van der Waals surface area contributed by atoms with Crippen molar-refractivity contribution in [3.8, 4) is 0 Å². The van der Waals surface area contributed by atoms with Crippen molar-refractivity contribution in [2.75, 3.05) is 46.6 Å². The Morgan fingerprint density at radius 1 is 1.53 bits per heavy atom. The summed E-state index contributed by atoms with van der Waals surface area (Å²) in [7, 11) is 1.60. The van der Waals surface area contributed by atoms with E-state index in [0.717, 1.165) is 0 Å². The summed E-state index contributed by atoms with van der Waals surface area (Å²) in [6, 6.07) is 0. The van der Waals surface area contributed by atoms with Crippen LogP contribution in [-0.2, 0) is 14.3 Å². The summed E-state index contributed by atoms with van der Waals surface area (Å²) in [4.78, 5) is 13.2. The van der Waals surface area contributed by atoms with Crippen molar-refractivity contribution in [3.63, 3.8) is 0 Å². The van der Waals surface area contributed by atoms with Gasteiger partial charge in [0.05, 0.1) is 13.2 Å². The second kappa shape index (κ2) is 9.64. The second-order valence-corrected chi connectivity index (χ2v) is 2.96. The van der Waals surface area contributed by atoms with Gasteiger partial charge in [0, 0.05) is 26.7 Å². The van der Waals surface area contributed by atoms with Gasteiger partial charge in [-0.3, -0.25) is 4.79 Å². The molecule has 0 rings (SSSR count). The van der Waals surface area contributed by atoms with Crippen molar-refractivity contribution in [3.05, 3.63) is 12.7 Å². The van der Waals surface area contributed by atoms with E-state index in [9.17, 15) is 4.79 Å². The Kier molecular flexibility index (Phi) is 9.05. The number of nitrogens with two attached hydrogens (primary N) is 1. The van der Waals surface area contributed by atoms with Crippen LogP contribution in [-0.4, -0.2) is 57.4 Å². The predicted octanol–water partition coefficient (Wildman–Crippen LogP) is -0.377. The average molecular weight is 216 g/mol. The highest BCUT2D eigenvalue weighted by atomic mass is 16.5. The molecule has 0 aromatic carbocycles. The number of nitrogens with zero attached hydrogens (tertiary/aromatic N) is 1. The van der Waals surface area contributed by atoms with Gasteiger partial charge in [0.1, 0.15) is 6.61 Å². The number of ether oxygens (including phenoxy) is 2. The molecule has 0 aliphatic carbocycles. The SMILES string of the molecule is C=CCN(CCOC)C(=O)COCCN. The van der Waals surface area contributed by atoms with Crippen LogP contribution < -0.4 is 5.73 Å². The van der Waals surface area contributed by atoms with E-state index in [-0.39, 0.29) is 12.5 Å². The number of hydrogen-bond acceptors (Lipinski definition) is 4. The van der Waals surface area contributed by atoms with Crippen molar-refractivity contribution in [1.29, 1.82) is 0 Å². The summed E-state index contributed by atoms with van der Waals surface area (Å²) in [6.07, 6.45) is 1.68. The molecule has 0 radical (unpaired) electrons. The molecule has 0 fully saturated rings. The van der Waals surface area contributed by atoms with Crippen molar-refractivity contribution in [2.24, 2.45) is 5.73 Å². The molecule has 0 saturated carbocycles. The highest BCUT2D eigenvalue weighted by molar-refractivity contribution is 5.77. The van der Waals surface area contributed by atoms with Crippen LogP contribution >= 0.6 is 0 Å². The third-order valence-corrected chi connectivity index (χ3v) is 1.76. The molecule has 0 saturated heterocycles. The van der Waals surface area contributed by atoms with Crippen molar-refractivity contribution >= 4 is 5.91 Å². The van der Waals surface area contributed by atoms with E-state index >= 15 is 0 Å². The fourth-order valence-electron chi connectivity index (χ4n) is 1.01. The lowest BCUT2D eigenvalue weighted by Crippen LogP contribution is -2.37. The van der Waals surface area contributed by atoms with Crippen molar-refractivity contribution < 1.29 is 14.3 Å². The number of amides is 1. The minimum atomic E-state index is -0.0691. The molecule has 0 aromatic rings. The minimum absolute atomic E-state index is 0.0642. The van der Waals surface area contributed by atoms with E-state index in [1.165, 1.54) is 0 Å². The van der Waals surface area contributed by atoms with E-state index in [0.29, 0.717) is 32.8 Å². The lowest BCUT2D eigenvalue weighted by molar-refractivity contribution is -0.136. The molecule has 0 atom stereocenters. The summed E-state index contributed by atoms with van der Waals surface area (Å²) in [6.45, 7) is 6.05. The Labute approximate surface area is 90.8 Å². The normalized spacial score (nSPS) is 10.0. The molecule has 15 heavy (non-hydrogen) atoms. The smallest absolute Gasteiger partial charge is 0.248 e. The Morgan fingerprint density at radius 3 is 2.80 bits per heavy atom. The summed E-state index contributed by atoms with van der Waals surface area (Å²) in [5.74, 6) is -0.0691. The Hall–Kier alpha value is -0.910. The van der Waals surface area contributed by atoms with Crippen LogP contribution in [0, 0.1) is 0 Å². The van der Waals surface area contributed by atoms with E-state index in [2.05, 4.69) is 6.58 Å². The van der Waals surface area contributed by atoms with Gasteiger partial charge in [0.15, 0.2) is 0 Å². The number of carbonyl (C=O) groups is 1. The number of rotatable bonds is 9. The Balaban J connectivity index is 3.86. The van der Waals surface area contributed by atoms with E-state index in [1.54, 1.807) is 18.1 Å². The summed E-state index contributed by atoms with van der Waals surface area (Å²) in [5, 5.41) is 0. The molecule has 1 amide bonds. The first-order valence-electron chi connectivity index (χ1n) is 4.91. The first-order chi connectivity index (χ1) is 7.26. The summed E-state index contributed by atoms with van der Waals surface area (Å²) >= 11 is 0. The topological polar surface area (TPSA) is 64.8 Å². The summed E-state index contributed by atoms with van der Waals surface area (Å²) < 4.78 is 9.97. The molecular formula is C10H20N2O3. The predicted molar refractivity (Wildman–Crippen MR) is 58.5 cm³/mol. The van der Waals surface area contributed by atoms with Crippen molar-refractivity contribution in [2.45, 2.75) is 0 Å².